The summed E-state index contributed by atoms with van der Waals surface area (Å²) in [6.07, 6.45) is 1.84. The van der Waals surface area contributed by atoms with Gasteiger partial charge in [-0.15, -0.1) is 0 Å². The third kappa shape index (κ3) is 5.32. The molecule has 0 bridgehead atoms. The number of thiocarbonyl (C=S) groups is 1. The van der Waals surface area contributed by atoms with Crippen molar-refractivity contribution in [1.82, 2.24) is 15.5 Å². The second kappa shape index (κ2) is 9.02. The van der Waals surface area contributed by atoms with Crippen LogP contribution in [0.3, 0.4) is 0 Å². The molecular weight excluding hydrogens is 360 g/mol. The summed E-state index contributed by atoms with van der Waals surface area (Å²) in [7, 11) is -0.945. The molecule has 2 rings (SSSR count). The smallest absolute Gasteiger partial charge is 0.311 e. The first kappa shape index (κ1) is 19.5. The van der Waals surface area contributed by atoms with Crippen molar-refractivity contribution in [3.05, 3.63) is 35.4 Å². The zero-order valence-corrected chi connectivity index (χ0v) is 15.9. The standard InChI is InChI=1S/C16H22N4O3S2/c1-11-5-7-12(8-6-11)13-4-3-9-20(13)14(10-18-25(22)23)15(21)19-16(24)17-2/h5-8,13-14H,3-4,9-10H2,1-2H3,(H2,17,19,21,24). The van der Waals surface area contributed by atoms with Crippen molar-refractivity contribution in [1.29, 1.82) is 0 Å². The van der Waals surface area contributed by atoms with E-state index in [1.165, 1.54) is 5.56 Å². The third-order valence-electron chi connectivity index (χ3n) is 4.28. The van der Waals surface area contributed by atoms with Gasteiger partial charge in [-0.25, -0.2) is 0 Å². The molecule has 0 aliphatic carbocycles. The van der Waals surface area contributed by atoms with E-state index in [2.05, 4.69) is 27.1 Å². The van der Waals surface area contributed by atoms with Crippen LogP contribution >= 0.6 is 12.2 Å². The van der Waals surface area contributed by atoms with Gasteiger partial charge in [0.15, 0.2) is 5.11 Å². The molecule has 25 heavy (non-hydrogen) atoms. The van der Waals surface area contributed by atoms with Crippen LogP contribution in [0.25, 0.3) is 0 Å². The van der Waals surface area contributed by atoms with Gasteiger partial charge in [0.1, 0.15) is 6.04 Å². The van der Waals surface area contributed by atoms with Crippen molar-refractivity contribution in [3.8, 4) is 0 Å². The van der Waals surface area contributed by atoms with Crippen molar-refractivity contribution in [2.24, 2.45) is 4.36 Å². The second-order valence-corrected chi connectivity index (χ2v) is 7.02. The highest BCUT2D eigenvalue weighted by Gasteiger charge is 2.35. The Labute approximate surface area is 154 Å². The van der Waals surface area contributed by atoms with Crippen molar-refractivity contribution in [2.45, 2.75) is 31.8 Å². The number of hydrogen-bond acceptors (Lipinski definition) is 6. The van der Waals surface area contributed by atoms with Crippen molar-refractivity contribution in [3.63, 3.8) is 0 Å². The van der Waals surface area contributed by atoms with Gasteiger partial charge in [0.2, 0.25) is 5.91 Å². The Hall–Kier alpha value is -1.84. The van der Waals surface area contributed by atoms with Gasteiger partial charge >= 0.3 is 10.5 Å². The lowest BCUT2D eigenvalue weighted by Gasteiger charge is -2.31. The molecule has 1 fully saturated rings. The summed E-state index contributed by atoms with van der Waals surface area (Å²) >= 11 is 4.98. The molecule has 1 amide bonds. The van der Waals surface area contributed by atoms with Crippen LogP contribution in [-0.4, -0.2) is 50.5 Å². The highest BCUT2D eigenvalue weighted by Crippen LogP contribution is 2.33. The van der Waals surface area contributed by atoms with Crippen LogP contribution in [-0.2, 0) is 15.3 Å². The summed E-state index contributed by atoms with van der Waals surface area (Å²) in [5.74, 6) is -0.354. The number of carbonyl (C=O) groups is 1. The summed E-state index contributed by atoms with van der Waals surface area (Å²) in [4.78, 5) is 14.6. The van der Waals surface area contributed by atoms with Crippen LogP contribution in [0, 0.1) is 6.92 Å². The quantitative estimate of drug-likeness (QED) is 0.744. The Balaban J connectivity index is 2.27. The molecule has 1 aliphatic heterocycles. The molecule has 0 spiro atoms. The first-order valence-corrected chi connectivity index (χ1v) is 9.48. The number of nitrogens with one attached hydrogen (secondary N) is 2. The van der Waals surface area contributed by atoms with E-state index in [0.717, 1.165) is 18.4 Å². The lowest BCUT2D eigenvalue weighted by Crippen LogP contribution is -2.51. The van der Waals surface area contributed by atoms with Crippen LogP contribution in [0.15, 0.2) is 28.6 Å². The van der Waals surface area contributed by atoms with E-state index in [4.69, 9.17) is 12.2 Å². The summed E-state index contributed by atoms with van der Waals surface area (Å²) < 4.78 is 25.2. The average Bonchev–Trinajstić information content (AvgIpc) is 3.04. The minimum absolute atomic E-state index is 0.0507. The normalized spacial score (nSPS) is 18.4. The highest BCUT2D eigenvalue weighted by molar-refractivity contribution is 7.80. The number of nitrogens with zero attached hydrogens (tertiary/aromatic N) is 2. The molecular formula is C16H22N4O3S2. The van der Waals surface area contributed by atoms with Gasteiger partial charge in [-0.05, 0) is 44.1 Å². The largest absolute Gasteiger partial charge is 0.365 e. The molecule has 2 atom stereocenters. The van der Waals surface area contributed by atoms with Gasteiger partial charge in [0.05, 0.1) is 6.54 Å². The topological polar surface area (TPSA) is 90.9 Å². The molecule has 0 aromatic heterocycles. The predicted molar refractivity (Wildman–Crippen MR) is 99.7 cm³/mol. The van der Waals surface area contributed by atoms with Gasteiger partial charge in [0, 0.05) is 13.1 Å². The molecule has 2 unspecified atom stereocenters. The van der Waals surface area contributed by atoms with Crippen LogP contribution in [0.1, 0.15) is 30.0 Å². The van der Waals surface area contributed by atoms with Crippen molar-refractivity contribution < 1.29 is 13.2 Å². The summed E-state index contributed by atoms with van der Waals surface area (Å²) in [5.41, 5.74) is 2.28. The van der Waals surface area contributed by atoms with E-state index < -0.39 is 16.5 Å². The lowest BCUT2D eigenvalue weighted by atomic mass is 10.0. The first-order chi connectivity index (χ1) is 11.9. The predicted octanol–water partition coefficient (Wildman–Crippen LogP) is 1.18. The van der Waals surface area contributed by atoms with Gasteiger partial charge < -0.3 is 10.6 Å². The summed E-state index contributed by atoms with van der Waals surface area (Å²) in [6, 6.07) is 7.53. The van der Waals surface area contributed by atoms with E-state index >= 15 is 0 Å². The van der Waals surface area contributed by atoms with E-state index in [0.29, 0.717) is 6.54 Å². The van der Waals surface area contributed by atoms with E-state index in [1.807, 2.05) is 24.0 Å². The maximum Gasteiger partial charge on any atom is 0.311 e. The fraction of sp³-hybridized carbons (Fsp3) is 0.500. The number of amides is 1. The molecule has 2 N–H and O–H groups in total. The lowest BCUT2D eigenvalue weighted by molar-refractivity contribution is -0.125. The summed E-state index contributed by atoms with van der Waals surface area (Å²) in [6.45, 7) is 2.59. The highest BCUT2D eigenvalue weighted by atomic mass is 32.2. The fourth-order valence-electron chi connectivity index (χ4n) is 3.04. The molecule has 7 nitrogen and oxygen atoms in total. The number of benzene rings is 1. The Morgan fingerprint density at radius 1 is 1.40 bits per heavy atom. The Morgan fingerprint density at radius 2 is 2.08 bits per heavy atom. The van der Waals surface area contributed by atoms with Gasteiger partial charge in [0.25, 0.3) is 0 Å². The maximum absolute atomic E-state index is 12.6. The van der Waals surface area contributed by atoms with E-state index in [9.17, 15) is 13.2 Å². The Morgan fingerprint density at radius 3 is 2.68 bits per heavy atom. The molecule has 9 heteroatoms. The molecule has 0 radical (unpaired) electrons. The summed E-state index contributed by atoms with van der Waals surface area (Å²) in [5, 5.41) is 5.47. The zero-order valence-electron chi connectivity index (χ0n) is 14.2. The minimum atomic E-state index is -2.56. The Kier molecular flexibility index (Phi) is 7.03. The fourth-order valence-corrected chi connectivity index (χ4v) is 3.40. The SMILES string of the molecule is CNC(=S)NC(=O)C(CN=S(=O)=O)N1CCCC1c1ccc(C)cc1. The number of rotatable bonds is 5. The van der Waals surface area contributed by atoms with Crippen LogP contribution in [0.5, 0.6) is 0 Å². The van der Waals surface area contributed by atoms with Crippen LogP contribution in [0.2, 0.25) is 0 Å². The second-order valence-electron chi connectivity index (χ2n) is 5.92. The zero-order chi connectivity index (χ0) is 18.4. The van der Waals surface area contributed by atoms with Crippen LogP contribution in [0.4, 0.5) is 0 Å². The first-order valence-electron chi connectivity index (χ1n) is 8.04. The van der Waals surface area contributed by atoms with Gasteiger partial charge in [-0.3, -0.25) is 9.69 Å². The molecule has 1 aliphatic rings. The number of carbonyl (C=O) groups excluding carboxylic acids is 1. The van der Waals surface area contributed by atoms with Crippen molar-refractivity contribution >= 4 is 33.7 Å². The molecule has 136 valence electrons. The van der Waals surface area contributed by atoms with Gasteiger partial charge in [-0.2, -0.15) is 12.8 Å². The van der Waals surface area contributed by atoms with E-state index in [1.54, 1.807) is 7.05 Å². The minimum Gasteiger partial charge on any atom is -0.365 e. The third-order valence-corrected chi connectivity index (χ3v) is 4.94. The number of aryl methyl sites for hydroxylation is 1. The number of likely N-dealkylation sites (tertiary alicyclic amines) is 1. The molecule has 1 saturated heterocycles. The maximum atomic E-state index is 12.6. The molecule has 1 aromatic rings. The average molecular weight is 383 g/mol. The number of hydrogen-bond donors (Lipinski definition) is 2. The van der Waals surface area contributed by atoms with Crippen molar-refractivity contribution in [2.75, 3.05) is 20.1 Å². The van der Waals surface area contributed by atoms with E-state index in [-0.39, 0.29) is 23.6 Å². The Bertz CT molecular complexity index is 754. The molecule has 1 heterocycles. The molecule has 1 aromatic carbocycles. The van der Waals surface area contributed by atoms with Gasteiger partial charge in [-0.1, -0.05) is 29.8 Å². The monoisotopic (exact) mass is 382 g/mol. The van der Waals surface area contributed by atoms with Crippen LogP contribution < -0.4 is 10.6 Å². The molecule has 0 saturated carbocycles.